The van der Waals surface area contributed by atoms with E-state index in [2.05, 4.69) is 48.5 Å². The van der Waals surface area contributed by atoms with Crippen LogP contribution in [-0.4, -0.2) is 9.97 Å². The van der Waals surface area contributed by atoms with E-state index >= 15 is 0 Å². The maximum atomic E-state index is 14.0. The lowest BCUT2D eigenvalue weighted by Gasteiger charge is -2.00. The third-order valence-corrected chi connectivity index (χ3v) is 14.8. The molecule has 6 heterocycles. The standard InChI is InChI=1S/C34H14F2N2S6/c35-27-11-17-3-7-19-21(31(17)43-27)5-1-15-9-23(39-29(15)19)33-37-13-25(41-33)26-14-38-34(42-26)24-10-16-2-6-22-20(30(16)40-24)8-4-18-12-28(36)44-32(18)22/h1-14H. The summed E-state index contributed by atoms with van der Waals surface area (Å²) in [6.07, 6.45) is 3.89. The highest BCUT2D eigenvalue weighted by molar-refractivity contribution is 7.30. The first-order valence-electron chi connectivity index (χ1n) is 13.6. The molecule has 0 unspecified atom stereocenters. The van der Waals surface area contributed by atoms with Crippen LogP contribution in [0.5, 0.6) is 0 Å². The zero-order valence-corrected chi connectivity index (χ0v) is 27.1. The van der Waals surface area contributed by atoms with Crippen molar-refractivity contribution in [2.45, 2.75) is 0 Å². The molecule has 0 amide bonds. The van der Waals surface area contributed by atoms with Crippen LogP contribution in [0.15, 0.2) is 85.2 Å². The molecule has 44 heavy (non-hydrogen) atoms. The van der Waals surface area contributed by atoms with Gasteiger partial charge in [0.2, 0.25) is 0 Å². The Morgan fingerprint density at radius 1 is 0.386 bits per heavy atom. The molecule has 0 bridgehead atoms. The van der Waals surface area contributed by atoms with Gasteiger partial charge in [0.25, 0.3) is 0 Å². The zero-order chi connectivity index (χ0) is 29.1. The van der Waals surface area contributed by atoms with Crippen LogP contribution in [0.3, 0.4) is 0 Å². The molecule has 0 atom stereocenters. The maximum Gasteiger partial charge on any atom is 0.177 e. The van der Waals surface area contributed by atoms with Crippen molar-refractivity contribution >= 4 is 130 Å². The van der Waals surface area contributed by atoms with E-state index in [1.807, 2.05) is 24.5 Å². The highest BCUT2D eigenvalue weighted by Gasteiger charge is 2.17. The van der Waals surface area contributed by atoms with Crippen molar-refractivity contribution in [3.63, 3.8) is 0 Å². The second-order valence-electron chi connectivity index (χ2n) is 10.5. The summed E-state index contributed by atoms with van der Waals surface area (Å²) in [7, 11) is 0. The molecule has 0 spiro atoms. The molecule has 0 aliphatic rings. The quantitative estimate of drug-likeness (QED) is 0.186. The van der Waals surface area contributed by atoms with Crippen molar-refractivity contribution < 1.29 is 8.78 Å². The molecule has 4 aromatic carbocycles. The summed E-state index contributed by atoms with van der Waals surface area (Å²) in [4.78, 5) is 14.1. The minimum absolute atomic E-state index is 0.153. The van der Waals surface area contributed by atoms with E-state index in [4.69, 9.17) is 9.97 Å². The third kappa shape index (κ3) is 3.82. The van der Waals surface area contributed by atoms with Crippen LogP contribution in [0.1, 0.15) is 0 Å². The summed E-state index contributed by atoms with van der Waals surface area (Å²) < 4.78 is 32.4. The van der Waals surface area contributed by atoms with E-state index in [0.29, 0.717) is 0 Å². The normalized spacial score (nSPS) is 12.3. The monoisotopic (exact) mass is 680 g/mol. The summed E-state index contributed by atoms with van der Waals surface area (Å²) in [5.74, 6) is 0. The fourth-order valence-electron chi connectivity index (χ4n) is 5.95. The average molecular weight is 681 g/mol. The third-order valence-electron chi connectivity index (χ3n) is 7.94. The Labute approximate surface area is 271 Å². The fourth-order valence-corrected chi connectivity index (χ4v) is 12.2. The first-order chi connectivity index (χ1) is 21.6. The predicted molar refractivity (Wildman–Crippen MR) is 191 cm³/mol. The number of hydrogen-bond donors (Lipinski definition) is 0. The van der Waals surface area contributed by atoms with Crippen LogP contribution in [0.25, 0.3) is 91.4 Å². The van der Waals surface area contributed by atoms with Crippen molar-refractivity contribution in [3.05, 3.63) is 95.5 Å². The number of benzene rings is 4. The van der Waals surface area contributed by atoms with Gasteiger partial charge in [0.1, 0.15) is 10.0 Å². The highest BCUT2D eigenvalue weighted by Crippen LogP contribution is 2.46. The molecule has 0 radical (unpaired) electrons. The Morgan fingerprint density at radius 3 is 1.16 bits per heavy atom. The summed E-state index contributed by atoms with van der Waals surface area (Å²) >= 11 is 9.26. The Bertz CT molecular complexity index is 2580. The van der Waals surface area contributed by atoms with Crippen LogP contribution in [0, 0.1) is 10.3 Å². The molecule has 0 N–H and O–H groups in total. The molecular formula is C34H14F2N2S6. The molecule has 10 heteroatoms. The molecule has 210 valence electrons. The van der Waals surface area contributed by atoms with E-state index in [-0.39, 0.29) is 10.3 Å². The largest absolute Gasteiger partial charge is 0.243 e. The Kier molecular flexibility index (Phi) is 5.50. The van der Waals surface area contributed by atoms with Crippen LogP contribution in [0.2, 0.25) is 0 Å². The molecule has 0 aliphatic carbocycles. The van der Waals surface area contributed by atoms with Gasteiger partial charge in [-0.3, -0.25) is 0 Å². The number of hydrogen-bond acceptors (Lipinski definition) is 8. The lowest BCUT2D eigenvalue weighted by Crippen LogP contribution is -1.72. The van der Waals surface area contributed by atoms with E-state index in [0.717, 1.165) is 71.2 Å². The van der Waals surface area contributed by atoms with E-state index in [9.17, 15) is 8.78 Å². The topological polar surface area (TPSA) is 25.8 Å². The first-order valence-corrected chi connectivity index (χ1v) is 18.5. The summed E-state index contributed by atoms with van der Waals surface area (Å²) in [6.45, 7) is 0. The van der Waals surface area contributed by atoms with Gasteiger partial charge in [0, 0.05) is 52.7 Å². The molecule has 6 aromatic heterocycles. The van der Waals surface area contributed by atoms with Crippen LogP contribution in [0.4, 0.5) is 8.78 Å². The lowest BCUT2D eigenvalue weighted by molar-refractivity contribution is 0.658. The average Bonchev–Trinajstić information content (AvgIpc) is 3.86. The zero-order valence-electron chi connectivity index (χ0n) is 22.2. The second-order valence-corrected chi connectivity index (χ2v) is 16.7. The van der Waals surface area contributed by atoms with Crippen molar-refractivity contribution in [3.8, 4) is 29.5 Å². The molecule has 2 nitrogen and oxygen atoms in total. The number of rotatable bonds is 3. The number of nitrogens with zero attached hydrogens (tertiary/aromatic N) is 2. The van der Waals surface area contributed by atoms with Crippen LogP contribution < -0.4 is 0 Å². The number of fused-ring (bicyclic) bond motifs is 10. The minimum atomic E-state index is -0.153. The SMILES string of the molecule is Fc1cc2ccc3c(ccc4cc(-c5ncc(-c6cnc(-c7cc8ccc9c(ccc%10cc(F)sc%109)c8s7)s6)s5)sc43)c2s1. The van der Waals surface area contributed by atoms with E-state index in [1.165, 1.54) is 42.8 Å². The molecule has 0 saturated carbocycles. The Morgan fingerprint density at radius 2 is 0.750 bits per heavy atom. The summed E-state index contributed by atoms with van der Waals surface area (Å²) in [6, 6.07) is 24.4. The van der Waals surface area contributed by atoms with Crippen LogP contribution >= 0.6 is 68.0 Å². The summed E-state index contributed by atoms with van der Waals surface area (Å²) in [5, 5.41) is 10.4. The molecule has 10 rings (SSSR count). The molecule has 10 aromatic rings. The molecule has 0 aliphatic heterocycles. The van der Waals surface area contributed by atoms with Gasteiger partial charge in [-0.25, -0.2) is 9.97 Å². The van der Waals surface area contributed by atoms with E-state index in [1.54, 1.807) is 57.5 Å². The molecule has 0 fully saturated rings. The molecule has 0 saturated heterocycles. The Hall–Kier alpha value is -3.64. The van der Waals surface area contributed by atoms with Crippen molar-refractivity contribution in [2.75, 3.05) is 0 Å². The summed E-state index contributed by atoms with van der Waals surface area (Å²) in [5.41, 5.74) is 0. The smallest absolute Gasteiger partial charge is 0.177 e. The van der Waals surface area contributed by atoms with Gasteiger partial charge in [-0.05, 0) is 45.8 Å². The van der Waals surface area contributed by atoms with E-state index < -0.39 is 0 Å². The fraction of sp³-hybridized carbons (Fsp3) is 0. The number of halogens is 2. The van der Waals surface area contributed by atoms with Gasteiger partial charge in [-0.1, -0.05) is 48.5 Å². The first kappa shape index (κ1) is 25.7. The van der Waals surface area contributed by atoms with Gasteiger partial charge in [0.15, 0.2) is 10.3 Å². The lowest BCUT2D eigenvalue weighted by atomic mass is 10.1. The van der Waals surface area contributed by atoms with Gasteiger partial charge in [-0.2, -0.15) is 8.78 Å². The second kappa shape index (κ2) is 9.43. The Balaban J connectivity index is 1.01. The van der Waals surface area contributed by atoms with Crippen LogP contribution in [-0.2, 0) is 0 Å². The van der Waals surface area contributed by atoms with Gasteiger partial charge in [0.05, 0.1) is 19.5 Å². The predicted octanol–water partition coefficient (Wildman–Crippen LogP) is 13.0. The minimum Gasteiger partial charge on any atom is -0.243 e. The van der Waals surface area contributed by atoms with Crippen molar-refractivity contribution in [1.29, 1.82) is 0 Å². The van der Waals surface area contributed by atoms with Crippen molar-refractivity contribution in [2.24, 2.45) is 0 Å². The van der Waals surface area contributed by atoms with Crippen molar-refractivity contribution in [1.82, 2.24) is 9.97 Å². The maximum absolute atomic E-state index is 14.0. The number of aromatic nitrogens is 2. The highest BCUT2D eigenvalue weighted by atomic mass is 32.1. The number of thiazole rings is 2. The number of thiophene rings is 4. The van der Waals surface area contributed by atoms with Gasteiger partial charge >= 0.3 is 0 Å². The van der Waals surface area contributed by atoms with Gasteiger partial charge in [-0.15, -0.1) is 68.0 Å². The molecular weight excluding hydrogens is 667 g/mol. The van der Waals surface area contributed by atoms with Gasteiger partial charge < -0.3 is 0 Å².